The van der Waals surface area contributed by atoms with Crippen LogP contribution >= 0.6 is 0 Å². The van der Waals surface area contributed by atoms with E-state index in [1.165, 1.54) is 45.2 Å². The molecule has 0 spiro atoms. The summed E-state index contributed by atoms with van der Waals surface area (Å²) in [7, 11) is 4.15. The third-order valence-electron chi connectivity index (χ3n) is 5.57. The minimum absolute atomic E-state index is 0.944. The van der Waals surface area contributed by atoms with Crippen molar-refractivity contribution in [1.29, 1.82) is 5.41 Å². The van der Waals surface area contributed by atoms with E-state index in [0.29, 0.717) is 0 Å². The lowest BCUT2D eigenvalue weighted by Gasteiger charge is -2.24. The number of anilines is 1. The zero-order valence-corrected chi connectivity index (χ0v) is 16.7. The number of rotatable bonds is 4. The van der Waals surface area contributed by atoms with E-state index in [2.05, 4.69) is 83.1 Å². The van der Waals surface area contributed by atoms with Crippen molar-refractivity contribution >= 4 is 17.5 Å². The fraction of sp³-hybridized carbons (Fsp3) is 0.292. The molecular weight excluding hydrogens is 316 g/mol. The van der Waals surface area contributed by atoms with Crippen LogP contribution in [0.25, 0.3) is 16.7 Å². The van der Waals surface area contributed by atoms with Gasteiger partial charge in [0.2, 0.25) is 0 Å². The summed E-state index contributed by atoms with van der Waals surface area (Å²) >= 11 is 0. The molecule has 1 N–H and O–H groups in total. The topological polar surface area (TPSA) is 27.1 Å². The Morgan fingerprint density at radius 1 is 0.923 bits per heavy atom. The molecule has 0 amide bonds. The lowest BCUT2D eigenvalue weighted by molar-refractivity contribution is 1.13. The molecule has 0 aromatic heterocycles. The Morgan fingerprint density at radius 3 is 2.19 bits per heavy atom. The highest BCUT2D eigenvalue weighted by Gasteiger charge is 2.20. The minimum Gasteiger partial charge on any atom is -0.377 e. The van der Waals surface area contributed by atoms with Gasteiger partial charge in [0.1, 0.15) is 0 Å². The SMILES string of the molecule is CC1=CCC(c2ccc(N(C)C)c(-c3ccc(C)c(C)c3C)c2C=N)=C1. The molecule has 3 rings (SSSR count). The molecule has 0 unspecified atom stereocenters. The van der Waals surface area contributed by atoms with Gasteiger partial charge in [0.05, 0.1) is 0 Å². The number of allylic oxidation sites excluding steroid dienone is 4. The van der Waals surface area contributed by atoms with Crippen LogP contribution in [-0.4, -0.2) is 20.3 Å². The van der Waals surface area contributed by atoms with E-state index in [1.54, 1.807) is 0 Å². The summed E-state index contributed by atoms with van der Waals surface area (Å²) in [5, 5.41) is 8.21. The van der Waals surface area contributed by atoms with Crippen molar-refractivity contribution in [2.24, 2.45) is 0 Å². The van der Waals surface area contributed by atoms with Gasteiger partial charge in [-0.25, -0.2) is 0 Å². The molecule has 26 heavy (non-hydrogen) atoms. The predicted octanol–water partition coefficient (Wildman–Crippen LogP) is 6.08. The quantitative estimate of drug-likeness (QED) is 0.669. The van der Waals surface area contributed by atoms with Crippen molar-refractivity contribution in [2.45, 2.75) is 34.1 Å². The summed E-state index contributed by atoms with van der Waals surface area (Å²) in [6.07, 6.45) is 6.97. The van der Waals surface area contributed by atoms with Crippen molar-refractivity contribution in [2.75, 3.05) is 19.0 Å². The molecule has 0 heterocycles. The lowest BCUT2D eigenvalue weighted by Crippen LogP contribution is -2.12. The second kappa shape index (κ2) is 6.95. The van der Waals surface area contributed by atoms with Crippen LogP contribution < -0.4 is 4.90 Å². The summed E-state index contributed by atoms with van der Waals surface area (Å²) in [6, 6.07) is 8.77. The van der Waals surface area contributed by atoms with Gasteiger partial charge in [-0.2, -0.15) is 0 Å². The monoisotopic (exact) mass is 344 g/mol. The van der Waals surface area contributed by atoms with Crippen molar-refractivity contribution in [1.82, 2.24) is 0 Å². The van der Waals surface area contributed by atoms with Crippen LogP contribution in [0.2, 0.25) is 0 Å². The number of hydrogen-bond donors (Lipinski definition) is 1. The number of benzene rings is 2. The number of nitrogens with zero attached hydrogens (tertiary/aromatic N) is 1. The smallest absolute Gasteiger partial charge is 0.0447 e. The van der Waals surface area contributed by atoms with E-state index in [0.717, 1.165) is 23.2 Å². The zero-order chi connectivity index (χ0) is 19.0. The fourth-order valence-corrected chi connectivity index (χ4v) is 3.77. The first-order valence-corrected chi connectivity index (χ1v) is 9.14. The summed E-state index contributed by atoms with van der Waals surface area (Å²) in [6.45, 7) is 8.67. The summed E-state index contributed by atoms with van der Waals surface area (Å²) in [4.78, 5) is 2.15. The van der Waals surface area contributed by atoms with Gasteiger partial charge in [0.25, 0.3) is 0 Å². The number of hydrogen-bond acceptors (Lipinski definition) is 2. The Morgan fingerprint density at radius 2 is 1.62 bits per heavy atom. The summed E-state index contributed by atoms with van der Waals surface area (Å²) in [5.74, 6) is 0. The van der Waals surface area contributed by atoms with Crippen LogP contribution in [0.4, 0.5) is 5.69 Å². The van der Waals surface area contributed by atoms with Crippen LogP contribution in [0.5, 0.6) is 0 Å². The van der Waals surface area contributed by atoms with Crippen molar-refractivity contribution < 1.29 is 0 Å². The van der Waals surface area contributed by atoms with E-state index in [1.807, 2.05) is 0 Å². The molecule has 2 aromatic carbocycles. The average molecular weight is 345 g/mol. The summed E-state index contributed by atoms with van der Waals surface area (Å²) in [5.41, 5.74) is 12.3. The fourth-order valence-electron chi connectivity index (χ4n) is 3.77. The molecule has 134 valence electrons. The molecule has 0 saturated heterocycles. The average Bonchev–Trinajstić information content (AvgIpc) is 3.04. The molecule has 0 radical (unpaired) electrons. The van der Waals surface area contributed by atoms with E-state index < -0.39 is 0 Å². The van der Waals surface area contributed by atoms with Gasteiger partial charge in [0, 0.05) is 37.1 Å². The Hall–Kier alpha value is -2.61. The summed E-state index contributed by atoms with van der Waals surface area (Å²) < 4.78 is 0. The van der Waals surface area contributed by atoms with Crippen molar-refractivity contribution in [3.63, 3.8) is 0 Å². The molecule has 1 aliphatic carbocycles. The number of nitrogens with one attached hydrogen (secondary N) is 1. The van der Waals surface area contributed by atoms with Gasteiger partial charge in [0.15, 0.2) is 0 Å². The van der Waals surface area contributed by atoms with E-state index in [-0.39, 0.29) is 0 Å². The maximum atomic E-state index is 8.21. The van der Waals surface area contributed by atoms with Gasteiger partial charge >= 0.3 is 0 Å². The van der Waals surface area contributed by atoms with E-state index in [4.69, 9.17) is 5.41 Å². The molecule has 0 aliphatic heterocycles. The van der Waals surface area contributed by atoms with Crippen LogP contribution in [0.15, 0.2) is 42.0 Å². The lowest BCUT2D eigenvalue weighted by atomic mass is 9.86. The third-order valence-corrected chi connectivity index (χ3v) is 5.57. The Bertz CT molecular complexity index is 943. The highest BCUT2D eigenvalue weighted by atomic mass is 15.1. The molecule has 2 aromatic rings. The Labute approximate surface area is 157 Å². The maximum Gasteiger partial charge on any atom is 0.0447 e. The molecule has 0 saturated carbocycles. The van der Waals surface area contributed by atoms with Crippen molar-refractivity contribution in [3.8, 4) is 11.1 Å². The molecule has 0 atom stereocenters. The molecule has 0 bridgehead atoms. The van der Waals surface area contributed by atoms with Gasteiger partial charge in [-0.15, -0.1) is 0 Å². The highest BCUT2D eigenvalue weighted by Crippen LogP contribution is 2.41. The second-order valence-corrected chi connectivity index (χ2v) is 7.46. The molecule has 2 heteroatoms. The van der Waals surface area contributed by atoms with Crippen LogP contribution in [0.1, 0.15) is 41.2 Å². The van der Waals surface area contributed by atoms with Gasteiger partial charge in [-0.05, 0) is 73.6 Å². The van der Waals surface area contributed by atoms with Crippen LogP contribution in [0, 0.1) is 26.2 Å². The maximum absolute atomic E-state index is 8.21. The first-order chi connectivity index (χ1) is 12.3. The number of aryl methyl sites for hydroxylation is 1. The second-order valence-electron chi connectivity index (χ2n) is 7.46. The third kappa shape index (κ3) is 3.01. The normalized spacial score (nSPS) is 13.5. The molecular formula is C24H28N2. The van der Waals surface area contributed by atoms with Gasteiger partial charge in [-0.3, -0.25) is 0 Å². The first kappa shape index (κ1) is 18.2. The molecule has 1 aliphatic rings. The van der Waals surface area contributed by atoms with Gasteiger partial charge in [-0.1, -0.05) is 35.9 Å². The van der Waals surface area contributed by atoms with Crippen LogP contribution in [0.3, 0.4) is 0 Å². The predicted molar refractivity (Wildman–Crippen MR) is 115 cm³/mol. The minimum atomic E-state index is 0.944. The highest BCUT2D eigenvalue weighted by molar-refractivity contribution is 6.01. The molecule has 0 fully saturated rings. The molecule has 2 nitrogen and oxygen atoms in total. The standard InChI is InChI=1S/C24H28N2/c1-15-7-9-19(13-15)21-11-12-23(26(5)6)24(22(21)14-25)20-10-8-16(2)17(3)18(20)4/h7-8,10-14,25H,9H2,1-6H3. The Balaban J connectivity index is 2.34. The van der Waals surface area contributed by atoms with E-state index >= 15 is 0 Å². The van der Waals surface area contributed by atoms with E-state index in [9.17, 15) is 0 Å². The first-order valence-electron chi connectivity index (χ1n) is 9.14. The van der Waals surface area contributed by atoms with Gasteiger partial charge < -0.3 is 10.3 Å². The van der Waals surface area contributed by atoms with Crippen molar-refractivity contribution in [3.05, 3.63) is 69.8 Å². The zero-order valence-electron chi connectivity index (χ0n) is 16.7. The largest absolute Gasteiger partial charge is 0.377 e. The van der Waals surface area contributed by atoms with Crippen LogP contribution in [-0.2, 0) is 0 Å². The Kier molecular flexibility index (Phi) is 4.86.